The van der Waals surface area contributed by atoms with Crippen LogP contribution in [0, 0.1) is 0 Å². The van der Waals surface area contributed by atoms with Crippen LogP contribution < -0.4 is 10.2 Å². The van der Waals surface area contributed by atoms with Gasteiger partial charge in [0.15, 0.2) is 0 Å². The van der Waals surface area contributed by atoms with E-state index in [-0.39, 0.29) is 5.91 Å². The summed E-state index contributed by atoms with van der Waals surface area (Å²) in [6.45, 7) is 3.18. The second-order valence-electron chi connectivity index (χ2n) is 6.29. The average Bonchev–Trinajstić information content (AvgIpc) is 3.22. The van der Waals surface area contributed by atoms with Crippen molar-refractivity contribution in [1.82, 2.24) is 20.1 Å². The summed E-state index contributed by atoms with van der Waals surface area (Å²) >= 11 is 0. The summed E-state index contributed by atoms with van der Waals surface area (Å²) in [6, 6.07) is 13.5. The molecular formula is C20H21N5O2. The third-order valence-electron chi connectivity index (χ3n) is 4.45. The molecule has 4 rings (SSSR count). The molecule has 0 radical (unpaired) electrons. The molecule has 0 bridgehead atoms. The van der Waals surface area contributed by atoms with Crippen molar-refractivity contribution < 1.29 is 9.53 Å². The van der Waals surface area contributed by atoms with Crippen LogP contribution in [-0.4, -0.2) is 47.0 Å². The largest absolute Gasteiger partial charge is 0.378 e. The van der Waals surface area contributed by atoms with Gasteiger partial charge in [-0.25, -0.2) is 9.67 Å². The predicted molar refractivity (Wildman–Crippen MR) is 102 cm³/mol. The number of hydrogen-bond acceptors (Lipinski definition) is 5. The molecule has 1 saturated heterocycles. The van der Waals surface area contributed by atoms with Gasteiger partial charge in [-0.2, -0.15) is 5.10 Å². The number of hydrogen-bond donors (Lipinski definition) is 1. The number of nitrogens with zero attached hydrogens (tertiary/aromatic N) is 4. The second-order valence-corrected chi connectivity index (χ2v) is 6.29. The molecule has 7 heteroatoms. The summed E-state index contributed by atoms with van der Waals surface area (Å²) in [5.74, 6) is 0.565. The summed E-state index contributed by atoms with van der Waals surface area (Å²) in [5, 5.41) is 7.33. The molecule has 138 valence electrons. The molecule has 27 heavy (non-hydrogen) atoms. The van der Waals surface area contributed by atoms with Crippen molar-refractivity contribution in [2.75, 3.05) is 31.2 Å². The molecule has 1 aromatic carbocycles. The molecule has 1 aliphatic heterocycles. The number of nitrogens with one attached hydrogen (secondary N) is 1. The van der Waals surface area contributed by atoms with E-state index in [1.54, 1.807) is 29.2 Å². The molecule has 1 amide bonds. The Morgan fingerprint density at radius 3 is 2.74 bits per heavy atom. The normalized spacial score (nSPS) is 14.1. The van der Waals surface area contributed by atoms with Crippen LogP contribution in [0.25, 0.3) is 5.69 Å². The van der Waals surface area contributed by atoms with E-state index in [1.807, 2.05) is 36.5 Å². The first-order chi connectivity index (χ1) is 13.3. The number of anilines is 1. The molecule has 0 spiro atoms. The van der Waals surface area contributed by atoms with Gasteiger partial charge >= 0.3 is 0 Å². The first kappa shape index (κ1) is 17.2. The van der Waals surface area contributed by atoms with Crippen LogP contribution in [0.4, 0.5) is 5.82 Å². The van der Waals surface area contributed by atoms with Gasteiger partial charge in [0.05, 0.1) is 30.7 Å². The van der Waals surface area contributed by atoms with E-state index in [0.717, 1.165) is 24.3 Å². The molecule has 3 heterocycles. The zero-order chi connectivity index (χ0) is 18.5. The van der Waals surface area contributed by atoms with Crippen molar-refractivity contribution in [1.29, 1.82) is 0 Å². The molecule has 1 fully saturated rings. The maximum absolute atomic E-state index is 12.7. The van der Waals surface area contributed by atoms with Crippen molar-refractivity contribution >= 4 is 11.7 Å². The first-order valence-electron chi connectivity index (χ1n) is 8.96. The number of rotatable bonds is 5. The smallest absolute Gasteiger partial charge is 0.255 e. The summed E-state index contributed by atoms with van der Waals surface area (Å²) in [6.07, 6.45) is 5.40. The Balaban J connectivity index is 1.44. The number of amides is 1. The molecule has 1 N–H and O–H groups in total. The van der Waals surface area contributed by atoms with Crippen LogP contribution in [-0.2, 0) is 11.3 Å². The van der Waals surface area contributed by atoms with Gasteiger partial charge in [-0.3, -0.25) is 4.79 Å². The van der Waals surface area contributed by atoms with E-state index in [1.165, 1.54) is 0 Å². The number of morpholine rings is 1. The number of pyridine rings is 1. The van der Waals surface area contributed by atoms with Crippen LogP contribution in [0.5, 0.6) is 0 Å². The number of carbonyl (C=O) groups is 1. The third kappa shape index (κ3) is 3.98. The Kier molecular flexibility index (Phi) is 5.11. The van der Waals surface area contributed by atoms with E-state index < -0.39 is 0 Å². The molecule has 0 aliphatic carbocycles. The minimum absolute atomic E-state index is 0.142. The maximum atomic E-state index is 12.7. The fourth-order valence-corrected chi connectivity index (χ4v) is 3.05. The number of benzene rings is 1. The molecule has 3 aromatic rings. The van der Waals surface area contributed by atoms with E-state index in [9.17, 15) is 4.79 Å². The Morgan fingerprint density at radius 1 is 1.11 bits per heavy atom. The van der Waals surface area contributed by atoms with Gasteiger partial charge in [-0.1, -0.05) is 18.2 Å². The fourth-order valence-electron chi connectivity index (χ4n) is 3.05. The van der Waals surface area contributed by atoms with E-state index in [4.69, 9.17) is 4.74 Å². The highest BCUT2D eigenvalue weighted by atomic mass is 16.5. The number of aromatic nitrogens is 3. The first-order valence-corrected chi connectivity index (χ1v) is 8.96. The predicted octanol–water partition coefficient (Wildman–Crippen LogP) is 2.03. The van der Waals surface area contributed by atoms with Crippen molar-refractivity contribution in [2.45, 2.75) is 6.54 Å². The summed E-state index contributed by atoms with van der Waals surface area (Å²) in [7, 11) is 0. The summed E-state index contributed by atoms with van der Waals surface area (Å²) < 4.78 is 7.18. The Morgan fingerprint density at radius 2 is 1.93 bits per heavy atom. The molecule has 0 unspecified atom stereocenters. The lowest BCUT2D eigenvalue weighted by molar-refractivity contribution is 0.0949. The molecule has 1 aliphatic rings. The van der Waals surface area contributed by atoms with Crippen LogP contribution in [0.2, 0.25) is 0 Å². The SMILES string of the molecule is O=C(NCc1cnn(-c2ccccc2)c1)c1cccnc1N1CCOCC1. The summed E-state index contributed by atoms with van der Waals surface area (Å²) in [4.78, 5) is 19.2. The minimum Gasteiger partial charge on any atom is -0.378 e. The standard InChI is InChI=1S/C20H21N5O2/c26-20(18-7-4-8-21-19(18)24-9-11-27-12-10-24)22-13-16-14-23-25(15-16)17-5-2-1-3-6-17/h1-8,14-15H,9-13H2,(H,22,26). The topological polar surface area (TPSA) is 72.3 Å². The van der Waals surface area contributed by atoms with Crippen LogP contribution in [0.15, 0.2) is 61.1 Å². The lowest BCUT2D eigenvalue weighted by Crippen LogP contribution is -2.38. The molecule has 2 aromatic heterocycles. The van der Waals surface area contributed by atoms with Crippen molar-refractivity contribution in [3.8, 4) is 5.69 Å². The van der Waals surface area contributed by atoms with Gasteiger partial charge in [0.25, 0.3) is 5.91 Å². The Labute approximate surface area is 157 Å². The van der Waals surface area contributed by atoms with Gasteiger partial charge < -0.3 is 15.0 Å². The maximum Gasteiger partial charge on any atom is 0.255 e. The minimum atomic E-state index is -0.142. The van der Waals surface area contributed by atoms with Gasteiger partial charge in [0.1, 0.15) is 5.82 Å². The highest BCUT2D eigenvalue weighted by Crippen LogP contribution is 2.18. The third-order valence-corrected chi connectivity index (χ3v) is 4.45. The van der Waals surface area contributed by atoms with Crippen LogP contribution in [0.3, 0.4) is 0 Å². The van der Waals surface area contributed by atoms with Crippen molar-refractivity contribution in [3.05, 3.63) is 72.2 Å². The van der Waals surface area contributed by atoms with E-state index in [2.05, 4.69) is 20.3 Å². The monoisotopic (exact) mass is 363 g/mol. The molecular weight excluding hydrogens is 342 g/mol. The van der Waals surface area contributed by atoms with Crippen LogP contribution in [0.1, 0.15) is 15.9 Å². The lowest BCUT2D eigenvalue weighted by Gasteiger charge is -2.29. The quantitative estimate of drug-likeness (QED) is 0.751. The van der Waals surface area contributed by atoms with Gasteiger partial charge in [0, 0.05) is 37.6 Å². The van der Waals surface area contributed by atoms with Crippen LogP contribution >= 0.6 is 0 Å². The summed E-state index contributed by atoms with van der Waals surface area (Å²) in [5.41, 5.74) is 2.50. The zero-order valence-corrected chi connectivity index (χ0v) is 14.9. The van der Waals surface area contributed by atoms with Gasteiger partial charge in [-0.15, -0.1) is 0 Å². The second kappa shape index (κ2) is 8.01. The van der Waals surface area contributed by atoms with E-state index >= 15 is 0 Å². The van der Waals surface area contributed by atoms with Gasteiger partial charge in [-0.05, 0) is 24.3 Å². The highest BCUT2D eigenvalue weighted by Gasteiger charge is 2.19. The number of para-hydroxylation sites is 1. The molecule has 7 nitrogen and oxygen atoms in total. The zero-order valence-electron chi connectivity index (χ0n) is 14.9. The highest BCUT2D eigenvalue weighted by molar-refractivity contribution is 5.98. The molecule has 0 saturated carbocycles. The number of carbonyl (C=O) groups excluding carboxylic acids is 1. The lowest BCUT2D eigenvalue weighted by atomic mass is 10.2. The number of ether oxygens (including phenoxy) is 1. The van der Waals surface area contributed by atoms with Crippen molar-refractivity contribution in [3.63, 3.8) is 0 Å². The molecule has 0 atom stereocenters. The van der Waals surface area contributed by atoms with Crippen molar-refractivity contribution in [2.24, 2.45) is 0 Å². The fraction of sp³-hybridized carbons (Fsp3) is 0.250. The van der Waals surface area contributed by atoms with E-state index in [0.29, 0.717) is 31.1 Å². The average molecular weight is 363 g/mol. The van der Waals surface area contributed by atoms with Gasteiger partial charge in [0.2, 0.25) is 0 Å². The Hall–Kier alpha value is -3.19. The Bertz CT molecular complexity index is 904.